The summed E-state index contributed by atoms with van der Waals surface area (Å²) in [5.74, 6) is 0.839. The molecule has 27 heavy (non-hydrogen) atoms. The van der Waals surface area contributed by atoms with E-state index in [-0.39, 0.29) is 0 Å². The average Bonchev–Trinajstić information content (AvgIpc) is 2.69. The lowest BCUT2D eigenvalue weighted by atomic mass is 9.87. The summed E-state index contributed by atoms with van der Waals surface area (Å²) < 4.78 is 5.89. The van der Waals surface area contributed by atoms with Gasteiger partial charge in [0.25, 0.3) is 0 Å². The van der Waals surface area contributed by atoms with Crippen molar-refractivity contribution in [2.24, 2.45) is 0 Å². The van der Waals surface area contributed by atoms with E-state index in [4.69, 9.17) is 16.2 Å². The highest BCUT2D eigenvalue weighted by Crippen LogP contribution is 2.37. The normalized spacial score (nSPS) is 12.2. The standard InChI is InChI=1S/C21H31N3O3/c1-5-20(25,6-2)15-13-14(9-10-16(15)22)27-18-12-11-17(23)19(24-18)21(26,7-3)8-4/h9-13,25-26H,5-8,22-23H2,1-4H3. The van der Waals surface area contributed by atoms with Crippen LogP contribution in [0.15, 0.2) is 30.3 Å². The van der Waals surface area contributed by atoms with Gasteiger partial charge in [0.05, 0.1) is 17.0 Å². The van der Waals surface area contributed by atoms with E-state index in [0.29, 0.717) is 59.9 Å². The summed E-state index contributed by atoms with van der Waals surface area (Å²) in [6.07, 6.45) is 2.08. The second kappa shape index (κ2) is 8.15. The number of nitrogen functional groups attached to an aromatic ring is 2. The van der Waals surface area contributed by atoms with Crippen molar-refractivity contribution >= 4 is 11.4 Å². The third kappa shape index (κ3) is 4.17. The van der Waals surface area contributed by atoms with Crippen LogP contribution in [0.25, 0.3) is 0 Å². The zero-order valence-electron chi connectivity index (χ0n) is 16.6. The maximum atomic E-state index is 10.8. The summed E-state index contributed by atoms with van der Waals surface area (Å²) in [5, 5.41) is 21.6. The predicted molar refractivity (Wildman–Crippen MR) is 109 cm³/mol. The highest BCUT2D eigenvalue weighted by Gasteiger charge is 2.30. The fourth-order valence-corrected chi connectivity index (χ4v) is 3.22. The van der Waals surface area contributed by atoms with Gasteiger partial charge in [-0.15, -0.1) is 0 Å². The summed E-state index contributed by atoms with van der Waals surface area (Å²) in [6, 6.07) is 8.53. The molecule has 148 valence electrons. The first-order valence-electron chi connectivity index (χ1n) is 9.52. The Morgan fingerprint density at radius 3 is 1.96 bits per heavy atom. The Bertz CT molecular complexity index is 719. The summed E-state index contributed by atoms with van der Waals surface area (Å²) in [6.45, 7) is 7.61. The van der Waals surface area contributed by atoms with Crippen molar-refractivity contribution < 1.29 is 14.9 Å². The molecule has 6 heteroatoms. The van der Waals surface area contributed by atoms with Crippen LogP contribution in [0.1, 0.15) is 64.6 Å². The molecule has 0 aliphatic rings. The van der Waals surface area contributed by atoms with Gasteiger partial charge in [0, 0.05) is 17.3 Å². The van der Waals surface area contributed by atoms with Gasteiger partial charge >= 0.3 is 0 Å². The minimum absolute atomic E-state index is 0.326. The van der Waals surface area contributed by atoms with Gasteiger partial charge < -0.3 is 26.4 Å². The lowest BCUT2D eigenvalue weighted by Crippen LogP contribution is -2.26. The molecule has 6 nitrogen and oxygen atoms in total. The van der Waals surface area contributed by atoms with Gasteiger partial charge in [-0.3, -0.25) is 0 Å². The molecule has 1 aromatic heterocycles. The number of aliphatic hydroxyl groups is 2. The Morgan fingerprint density at radius 1 is 0.852 bits per heavy atom. The minimum atomic E-state index is -1.10. The molecule has 6 N–H and O–H groups in total. The summed E-state index contributed by atoms with van der Waals surface area (Å²) in [7, 11) is 0. The first kappa shape index (κ1) is 21.0. The third-order valence-electron chi connectivity index (χ3n) is 5.43. The maximum absolute atomic E-state index is 10.8. The number of hydrogen-bond donors (Lipinski definition) is 4. The molecule has 1 heterocycles. The van der Waals surface area contributed by atoms with Gasteiger partial charge in [0.15, 0.2) is 0 Å². The molecule has 0 unspecified atom stereocenters. The van der Waals surface area contributed by atoms with E-state index in [9.17, 15) is 10.2 Å². The predicted octanol–water partition coefficient (Wildman–Crippen LogP) is 4.05. The molecule has 0 radical (unpaired) electrons. The number of nitrogens with two attached hydrogens (primary N) is 2. The summed E-state index contributed by atoms with van der Waals surface area (Å²) in [5.41, 5.74) is 12.0. The van der Waals surface area contributed by atoms with Crippen LogP contribution < -0.4 is 16.2 Å². The van der Waals surface area contributed by atoms with Crippen LogP contribution in [-0.4, -0.2) is 15.2 Å². The largest absolute Gasteiger partial charge is 0.439 e. The molecule has 0 amide bonds. The van der Waals surface area contributed by atoms with Crippen molar-refractivity contribution in [3.8, 4) is 11.6 Å². The fraction of sp³-hybridized carbons (Fsp3) is 0.476. The van der Waals surface area contributed by atoms with E-state index in [0.717, 1.165) is 0 Å². The van der Waals surface area contributed by atoms with Gasteiger partial charge in [0.1, 0.15) is 11.4 Å². The van der Waals surface area contributed by atoms with Crippen molar-refractivity contribution in [3.63, 3.8) is 0 Å². The van der Waals surface area contributed by atoms with Crippen molar-refractivity contribution in [1.29, 1.82) is 0 Å². The number of aromatic nitrogens is 1. The molecular formula is C21H31N3O3. The minimum Gasteiger partial charge on any atom is -0.439 e. The third-order valence-corrected chi connectivity index (χ3v) is 5.43. The lowest BCUT2D eigenvalue weighted by Gasteiger charge is -2.28. The molecule has 0 spiro atoms. The highest BCUT2D eigenvalue weighted by molar-refractivity contribution is 5.54. The van der Waals surface area contributed by atoms with Crippen LogP contribution in [-0.2, 0) is 11.2 Å². The van der Waals surface area contributed by atoms with Crippen molar-refractivity contribution in [2.75, 3.05) is 11.5 Å². The molecule has 1 aromatic carbocycles. The van der Waals surface area contributed by atoms with Gasteiger partial charge in [-0.05, 0) is 49.9 Å². The molecule has 2 rings (SSSR count). The number of ether oxygens (including phenoxy) is 1. The number of rotatable bonds is 8. The second-order valence-electron chi connectivity index (χ2n) is 6.92. The van der Waals surface area contributed by atoms with Crippen molar-refractivity contribution in [1.82, 2.24) is 4.98 Å². The Hall–Kier alpha value is -2.31. The Morgan fingerprint density at radius 2 is 1.41 bits per heavy atom. The van der Waals surface area contributed by atoms with Crippen molar-refractivity contribution in [2.45, 2.75) is 64.6 Å². The van der Waals surface area contributed by atoms with E-state index in [1.54, 1.807) is 30.3 Å². The fourth-order valence-electron chi connectivity index (χ4n) is 3.22. The van der Waals surface area contributed by atoms with E-state index >= 15 is 0 Å². The van der Waals surface area contributed by atoms with Gasteiger partial charge in [-0.1, -0.05) is 27.7 Å². The van der Waals surface area contributed by atoms with Crippen LogP contribution >= 0.6 is 0 Å². The molecule has 2 aromatic rings. The molecule has 0 saturated heterocycles. The molecule has 0 bridgehead atoms. The number of hydrogen-bond acceptors (Lipinski definition) is 6. The SMILES string of the molecule is CCC(O)(CC)c1cc(Oc2ccc(N)c(C(O)(CC)CC)n2)ccc1N. The Labute approximate surface area is 161 Å². The number of benzene rings is 1. The van der Waals surface area contributed by atoms with E-state index in [2.05, 4.69) is 4.98 Å². The van der Waals surface area contributed by atoms with E-state index in [1.807, 2.05) is 27.7 Å². The maximum Gasteiger partial charge on any atom is 0.219 e. The van der Waals surface area contributed by atoms with Crippen LogP contribution in [0.5, 0.6) is 11.6 Å². The zero-order valence-corrected chi connectivity index (χ0v) is 16.6. The quantitative estimate of drug-likeness (QED) is 0.519. The number of anilines is 2. The zero-order chi connectivity index (χ0) is 20.2. The molecule has 0 saturated carbocycles. The van der Waals surface area contributed by atoms with Crippen LogP contribution in [0.3, 0.4) is 0 Å². The lowest BCUT2D eigenvalue weighted by molar-refractivity contribution is 0.0244. The Kier molecular flexibility index (Phi) is 6.34. The number of nitrogens with zero attached hydrogens (tertiary/aromatic N) is 1. The summed E-state index contributed by atoms with van der Waals surface area (Å²) in [4.78, 5) is 4.44. The smallest absolute Gasteiger partial charge is 0.219 e. The molecule has 0 fully saturated rings. The number of pyridine rings is 1. The van der Waals surface area contributed by atoms with Crippen LogP contribution in [0, 0.1) is 0 Å². The first-order chi connectivity index (χ1) is 12.7. The average molecular weight is 373 g/mol. The van der Waals surface area contributed by atoms with E-state index < -0.39 is 11.2 Å². The highest BCUT2D eigenvalue weighted by atomic mass is 16.5. The molecular weight excluding hydrogens is 342 g/mol. The van der Waals surface area contributed by atoms with Crippen LogP contribution in [0.4, 0.5) is 11.4 Å². The second-order valence-corrected chi connectivity index (χ2v) is 6.92. The monoisotopic (exact) mass is 373 g/mol. The van der Waals surface area contributed by atoms with Crippen molar-refractivity contribution in [3.05, 3.63) is 41.6 Å². The molecule has 0 atom stereocenters. The van der Waals surface area contributed by atoms with Gasteiger partial charge in [-0.25, -0.2) is 4.98 Å². The van der Waals surface area contributed by atoms with Gasteiger partial charge in [-0.2, -0.15) is 0 Å². The Balaban J connectivity index is 2.41. The van der Waals surface area contributed by atoms with Crippen LogP contribution in [0.2, 0.25) is 0 Å². The molecule has 0 aliphatic heterocycles. The topological polar surface area (TPSA) is 115 Å². The van der Waals surface area contributed by atoms with E-state index in [1.165, 1.54) is 0 Å². The summed E-state index contributed by atoms with van der Waals surface area (Å²) >= 11 is 0. The first-order valence-corrected chi connectivity index (χ1v) is 9.52. The van der Waals surface area contributed by atoms with Gasteiger partial charge in [0.2, 0.25) is 5.88 Å². The molecule has 0 aliphatic carbocycles.